The first-order valence-corrected chi connectivity index (χ1v) is 12.2. The van der Waals surface area contributed by atoms with Gasteiger partial charge in [-0.05, 0) is 26.3 Å². The normalized spacial score (nSPS) is 14.9. The molecule has 1 aliphatic carbocycles. The van der Waals surface area contributed by atoms with Gasteiger partial charge in [-0.25, -0.2) is 4.79 Å². The molecule has 0 bridgehead atoms. The highest BCUT2D eigenvalue weighted by Gasteiger charge is 2.34. The lowest BCUT2D eigenvalue weighted by atomic mass is 9.86. The Balaban J connectivity index is 1.52. The Bertz CT molecular complexity index is 1250. The van der Waals surface area contributed by atoms with Gasteiger partial charge in [0, 0.05) is 62.8 Å². The average molecular weight is 479 g/mol. The van der Waals surface area contributed by atoms with Crippen molar-refractivity contribution in [2.45, 2.75) is 20.3 Å². The number of nitrogens with zero attached hydrogens (tertiary/aromatic N) is 3. The van der Waals surface area contributed by atoms with E-state index in [9.17, 15) is 9.59 Å². The van der Waals surface area contributed by atoms with Crippen LogP contribution in [0.25, 0.3) is 22.2 Å². The summed E-state index contributed by atoms with van der Waals surface area (Å²) in [5.74, 6) is 0.585. The molecule has 1 aliphatic heterocycles. The van der Waals surface area contributed by atoms with Crippen molar-refractivity contribution in [2.75, 3.05) is 62.8 Å². The topological polar surface area (TPSA) is 97.1 Å². The zero-order valence-electron chi connectivity index (χ0n) is 20.1. The van der Waals surface area contributed by atoms with E-state index in [0.29, 0.717) is 74.9 Å². The molecule has 5 rings (SSSR count). The Morgan fingerprint density at radius 2 is 1.89 bits per heavy atom. The summed E-state index contributed by atoms with van der Waals surface area (Å²) in [5.41, 5.74) is 4.30. The molecule has 1 aromatic heterocycles. The first-order valence-electron chi connectivity index (χ1n) is 12.2. The van der Waals surface area contributed by atoms with Gasteiger partial charge in [0.05, 0.1) is 23.2 Å². The van der Waals surface area contributed by atoms with Crippen LogP contribution in [-0.2, 0) is 9.47 Å². The SMILES string of the molecule is CCOCCCNc1cc(N2CCN(C(=O)OCC)CC2)c2noc3c2c1C(=O)c1ccccc1-3. The largest absolute Gasteiger partial charge is 0.450 e. The molecule has 0 unspecified atom stereocenters. The number of rotatable bonds is 8. The summed E-state index contributed by atoms with van der Waals surface area (Å²) >= 11 is 0. The van der Waals surface area contributed by atoms with Crippen molar-refractivity contribution in [1.29, 1.82) is 0 Å². The van der Waals surface area contributed by atoms with Gasteiger partial charge < -0.3 is 29.1 Å². The van der Waals surface area contributed by atoms with Crippen LogP contribution in [0.4, 0.5) is 16.2 Å². The lowest BCUT2D eigenvalue weighted by Crippen LogP contribution is -2.49. The van der Waals surface area contributed by atoms with E-state index >= 15 is 0 Å². The molecule has 35 heavy (non-hydrogen) atoms. The predicted octanol–water partition coefficient (Wildman–Crippen LogP) is 4.16. The Kier molecular flexibility index (Phi) is 6.59. The lowest BCUT2D eigenvalue weighted by molar-refractivity contribution is 0.103. The summed E-state index contributed by atoms with van der Waals surface area (Å²) in [6.07, 6.45) is 0.532. The minimum atomic E-state index is -0.287. The Labute approximate surface area is 203 Å². The fraction of sp³-hybridized carbons (Fsp3) is 0.423. The molecule has 0 atom stereocenters. The van der Waals surface area contributed by atoms with Crippen molar-refractivity contribution in [2.24, 2.45) is 0 Å². The highest BCUT2D eigenvalue weighted by Crippen LogP contribution is 2.45. The number of ether oxygens (including phenoxy) is 2. The van der Waals surface area contributed by atoms with Crippen molar-refractivity contribution in [3.05, 3.63) is 41.5 Å². The van der Waals surface area contributed by atoms with Crippen LogP contribution in [0.3, 0.4) is 0 Å². The molecule has 2 heterocycles. The van der Waals surface area contributed by atoms with Gasteiger partial charge >= 0.3 is 6.09 Å². The summed E-state index contributed by atoms with van der Waals surface area (Å²) < 4.78 is 16.5. The minimum Gasteiger partial charge on any atom is -0.450 e. The Morgan fingerprint density at radius 3 is 2.63 bits per heavy atom. The van der Waals surface area contributed by atoms with Gasteiger partial charge in [0.2, 0.25) is 0 Å². The number of hydrogen-bond acceptors (Lipinski definition) is 8. The maximum absolute atomic E-state index is 13.6. The van der Waals surface area contributed by atoms with Crippen LogP contribution in [0.15, 0.2) is 34.9 Å². The van der Waals surface area contributed by atoms with Crippen LogP contribution < -0.4 is 10.2 Å². The summed E-state index contributed by atoms with van der Waals surface area (Å²) in [7, 11) is 0. The number of amides is 1. The minimum absolute atomic E-state index is 0.0349. The zero-order valence-corrected chi connectivity index (χ0v) is 20.1. The second-order valence-corrected chi connectivity index (χ2v) is 8.58. The number of nitrogens with one attached hydrogen (secondary N) is 1. The van der Waals surface area contributed by atoms with Gasteiger partial charge in [0.1, 0.15) is 5.52 Å². The molecule has 1 saturated heterocycles. The van der Waals surface area contributed by atoms with E-state index < -0.39 is 0 Å². The third-order valence-corrected chi connectivity index (χ3v) is 6.51. The van der Waals surface area contributed by atoms with E-state index in [1.54, 1.807) is 11.8 Å². The molecule has 0 radical (unpaired) electrons. The van der Waals surface area contributed by atoms with Crippen molar-refractivity contribution in [1.82, 2.24) is 10.1 Å². The number of benzene rings is 2. The van der Waals surface area contributed by atoms with Gasteiger partial charge in [0.15, 0.2) is 11.5 Å². The van der Waals surface area contributed by atoms with E-state index in [1.165, 1.54) is 0 Å². The first kappa shape index (κ1) is 23.2. The van der Waals surface area contributed by atoms with Gasteiger partial charge in [-0.2, -0.15) is 0 Å². The summed E-state index contributed by atoms with van der Waals surface area (Å²) in [5, 5.41) is 8.63. The summed E-state index contributed by atoms with van der Waals surface area (Å²) in [6.45, 7) is 8.49. The number of aromatic nitrogens is 1. The molecule has 9 heteroatoms. The molecule has 184 valence electrons. The zero-order chi connectivity index (χ0) is 24.4. The molecule has 0 saturated carbocycles. The van der Waals surface area contributed by atoms with E-state index in [1.807, 2.05) is 37.3 Å². The molecule has 2 aromatic carbocycles. The molecular formula is C26H30N4O5. The van der Waals surface area contributed by atoms with Crippen molar-refractivity contribution in [3.63, 3.8) is 0 Å². The number of hydrogen-bond donors (Lipinski definition) is 1. The molecule has 3 aromatic rings. The number of ketones is 1. The summed E-state index contributed by atoms with van der Waals surface area (Å²) in [4.78, 5) is 29.7. The van der Waals surface area contributed by atoms with Crippen LogP contribution >= 0.6 is 0 Å². The fourth-order valence-corrected chi connectivity index (χ4v) is 4.81. The molecule has 1 N–H and O–H groups in total. The van der Waals surface area contributed by atoms with Gasteiger partial charge in [0.25, 0.3) is 0 Å². The number of carbonyl (C=O) groups is 2. The van der Waals surface area contributed by atoms with E-state index in [4.69, 9.17) is 14.0 Å². The van der Waals surface area contributed by atoms with Crippen molar-refractivity contribution >= 4 is 34.2 Å². The van der Waals surface area contributed by atoms with Crippen LogP contribution in [-0.4, -0.2) is 74.5 Å². The van der Waals surface area contributed by atoms with Crippen molar-refractivity contribution in [3.8, 4) is 11.3 Å². The summed E-state index contributed by atoms with van der Waals surface area (Å²) in [6, 6.07) is 9.49. The first-order chi connectivity index (χ1) is 17.1. The average Bonchev–Trinajstić information content (AvgIpc) is 3.33. The number of anilines is 2. The van der Waals surface area contributed by atoms with Gasteiger partial charge in [-0.3, -0.25) is 4.79 Å². The Morgan fingerprint density at radius 1 is 1.11 bits per heavy atom. The van der Waals surface area contributed by atoms with Crippen molar-refractivity contribution < 1.29 is 23.6 Å². The quantitative estimate of drug-likeness (QED) is 0.377. The molecule has 1 amide bonds. The predicted molar refractivity (Wildman–Crippen MR) is 133 cm³/mol. The molecule has 9 nitrogen and oxygen atoms in total. The molecule has 1 fully saturated rings. The van der Waals surface area contributed by atoms with Crippen LogP contribution in [0, 0.1) is 0 Å². The van der Waals surface area contributed by atoms with Gasteiger partial charge in [-0.1, -0.05) is 29.4 Å². The highest BCUT2D eigenvalue weighted by atomic mass is 16.6. The van der Waals surface area contributed by atoms with Crippen LogP contribution in [0.1, 0.15) is 36.2 Å². The van der Waals surface area contributed by atoms with E-state index in [0.717, 1.165) is 28.7 Å². The van der Waals surface area contributed by atoms with Crippen LogP contribution in [0.2, 0.25) is 0 Å². The number of fused-ring (bicyclic) bond motifs is 2. The second-order valence-electron chi connectivity index (χ2n) is 8.58. The third-order valence-electron chi connectivity index (χ3n) is 6.51. The number of piperazine rings is 1. The maximum Gasteiger partial charge on any atom is 0.409 e. The van der Waals surface area contributed by atoms with Gasteiger partial charge in [-0.15, -0.1) is 0 Å². The number of carbonyl (C=O) groups excluding carboxylic acids is 2. The molecular weight excluding hydrogens is 448 g/mol. The highest BCUT2D eigenvalue weighted by molar-refractivity contribution is 6.28. The Hall–Kier alpha value is -3.59. The maximum atomic E-state index is 13.6. The monoisotopic (exact) mass is 478 g/mol. The molecule has 0 spiro atoms. The third kappa shape index (κ3) is 4.20. The standard InChI is InChI=1S/C26H30N4O5/c1-3-33-15-7-10-27-19-16-20(29-11-13-30(14-12-29)26(32)34-4-2)23-22-21(19)24(31)17-8-5-6-9-18(17)25(22)35-28-23/h5-6,8-9,16,27H,3-4,7,10-15H2,1-2H3. The van der Waals surface area contributed by atoms with Crippen LogP contribution in [0.5, 0.6) is 0 Å². The lowest BCUT2D eigenvalue weighted by Gasteiger charge is -2.36. The smallest absolute Gasteiger partial charge is 0.409 e. The fourth-order valence-electron chi connectivity index (χ4n) is 4.81. The van der Waals surface area contributed by atoms with E-state index in [-0.39, 0.29) is 11.9 Å². The molecule has 2 aliphatic rings. The van der Waals surface area contributed by atoms with E-state index in [2.05, 4.69) is 15.4 Å². The second kappa shape index (κ2) is 9.95.